The monoisotopic (exact) mass is 464 g/mol. The summed E-state index contributed by atoms with van der Waals surface area (Å²) < 4.78 is 1.63. The summed E-state index contributed by atoms with van der Waals surface area (Å²) in [6.07, 6.45) is 4.73. The second-order valence-electron chi connectivity index (χ2n) is 8.44. The number of thiazole rings is 1. The quantitative estimate of drug-likeness (QED) is 0.423. The molecule has 32 heavy (non-hydrogen) atoms. The highest BCUT2D eigenvalue weighted by molar-refractivity contribution is 7.18. The van der Waals surface area contributed by atoms with E-state index in [9.17, 15) is 9.59 Å². The summed E-state index contributed by atoms with van der Waals surface area (Å²) in [6.45, 7) is 7.97. The van der Waals surface area contributed by atoms with Crippen LogP contribution in [0, 0.1) is 20.8 Å². The molecule has 1 aromatic carbocycles. The fourth-order valence-electron chi connectivity index (χ4n) is 4.69. The molecule has 1 amide bonds. The van der Waals surface area contributed by atoms with Gasteiger partial charge in [-0.2, -0.15) is 0 Å². The molecule has 164 valence electrons. The van der Waals surface area contributed by atoms with E-state index in [1.54, 1.807) is 34.1 Å². The van der Waals surface area contributed by atoms with Gasteiger partial charge < -0.3 is 0 Å². The first-order valence-corrected chi connectivity index (χ1v) is 12.4. The molecule has 0 saturated heterocycles. The van der Waals surface area contributed by atoms with Crippen molar-refractivity contribution in [3.8, 4) is 0 Å². The summed E-state index contributed by atoms with van der Waals surface area (Å²) in [5, 5.41) is 3.30. The maximum absolute atomic E-state index is 13.2. The minimum atomic E-state index is -0.0879. The van der Waals surface area contributed by atoms with Crippen LogP contribution in [0.2, 0.25) is 0 Å². The fourth-order valence-corrected chi connectivity index (χ4v) is 6.77. The maximum atomic E-state index is 13.2. The lowest BCUT2D eigenvalue weighted by Crippen LogP contribution is -2.25. The molecule has 5 rings (SSSR count). The van der Waals surface area contributed by atoms with Crippen molar-refractivity contribution < 1.29 is 4.79 Å². The number of nitrogens with zero attached hydrogens (tertiary/aromatic N) is 4. The molecule has 1 aliphatic carbocycles. The summed E-state index contributed by atoms with van der Waals surface area (Å²) in [5.41, 5.74) is 6.03. The average Bonchev–Trinajstić information content (AvgIpc) is 3.42. The summed E-state index contributed by atoms with van der Waals surface area (Å²) in [5.74, 6) is -0.0879. The molecule has 0 N–H and O–H groups in total. The van der Waals surface area contributed by atoms with Crippen molar-refractivity contribution in [2.45, 2.75) is 53.5 Å². The van der Waals surface area contributed by atoms with Gasteiger partial charge in [0.2, 0.25) is 5.91 Å². The van der Waals surface area contributed by atoms with Crippen molar-refractivity contribution in [1.82, 2.24) is 14.5 Å². The van der Waals surface area contributed by atoms with Crippen molar-refractivity contribution in [1.29, 1.82) is 0 Å². The number of fused-ring (bicyclic) bond motifs is 3. The number of hydrogen-bond acceptors (Lipinski definition) is 6. The smallest absolute Gasteiger partial charge is 0.262 e. The van der Waals surface area contributed by atoms with Crippen molar-refractivity contribution >= 4 is 49.6 Å². The number of rotatable bonds is 4. The van der Waals surface area contributed by atoms with Crippen molar-refractivity contribution in [3.63, 3.8) is 0 Å². The molecule has 8 heteroatoms. The Hall–Kier alpha value is -2.84. The molecule has 0 fully saturated rings. The van der Waals surface area contributed by atoms with Crippen molar-refractivity contribution in [2.75, 3.05) is 4.90 Å². The Kier molecular flexibility index (Phi) is 5.22. The number of carbonyl (C=O) groups excluding carboxylic acids is 1. The average molecular weight is 465 g/mol. The van der Waals surface area contributed by atoms with E-state index in [1.807, 2.05) is 19.2 Å². The number of carbonyl (C=O) groups is 1. The number of thiophene rings is 1. The van der Waals surface area contributed by atoms with Gasteiger partial charge in [-0.1, -0.05) is 17.7 Å². The van der Waals surface area contributed by atoms with Gasteiger partial charge in [0.05, 0.1) is 29.6 Å². The molecular weight excluding hydrogens is 440 g/mol. The molecule has 0 saturated carbocycles. The lowest BCUT2D eigenvalue weighted by atomic mass is 10.0. The van der Waals surface area contributed by atoms with Crippen LogP contribution >= 0.6 is 22.7 Å². The van der Waals surface area contributed by atoms with Crippen LogP contribution in [0.4, 0.5) is 10.8 Å². The third-order valence-electron chi connectivity index (χ3n) is 5.93. The predicted molar refractivity (Wildman–Crippen MR) is 131 cm³/mol. The first-order valence-electron chi connectivity index (χ1n) is 10.7. The van der Waals surface area contributed by atoms with E-state index in [0.717, 1.165) is 57.6 Å². The summed E-state index contributed by atoms with van der Waals surface area (Å²) >= 11 is 3.06. The molecule has 3 heterocycles. The van der Waals surface area contributed by atoms with Crippen LogP contribution in [0.25, 0.3) is 10.2 Å². The molecule has 0 bridgehead atoms. The molecular formula is C24H24N4O2S2. The van der Waals surface area contributed by atoms with Gasteiger partial charge in [-0.15, -0.1) is 22.7 Å². The van der Waals surface area contributed by atoms with Crippen LogP contribution in [0.3, 0.4) is 0 Å². The van der Waals surface area contributed by atoms with Gasteiger partial charge >= 0.3 is 0 Å². The lowest BCUT2D eigenvalue weighted by Gasteiger charge is -2.23. The Morgan fingerprint density at radius 3 is 2.66 bits per heavy atom. The molecule has 6 nitrogen and oxygen atoms in total. The van der Waals surface area contributed by atoms with Gasteiger partial charge in [0.1, 0.15) is 4.83 Å². The van der Waals surface area contributed by atoms with Gasteiger partial charge in [-0.25, -0.2) is 9.97 Å². The standard InChI is InChI=1S/C24H24N4O2S2/c1-13-8-14(2)21(15(3)9-13)28(16(4)29)24-26-17(11-31-24)10-27-12-25-22-20(23(27)30)18-6-5-7-19(18)32-22/h8-9,11-12H,5-7,10H2,1-4H3. The van der Waals surface area contributed by atoms with Gasteiger partial charge in [-0.3, -0.25) is 19.1 Å². The van der Waals surface area contributed by atoms with Gasteiger partial charge in [0, 0.05) is 17.2 Å². The van der Waals surface area contributed by atoms with E-state index in [4.69, 9.17) is 4.98 Å². The van der Waals surface area contributed by atoms with E-state index in [0.29, 0.717) is 11.7 Å². The summed E-state index contributed by atoms with van der Waals surface area (Å²) in [4.78, 5) is 38.9. The third-order valence-corrected chi connectivity index (χ3v) is 8.00. The van der Waals surface area contributed by atoms with Crippen LogP contribution in [0.1, 0.15) is 46.2 Å². The topological polar surface area (TPSA) is 68.1 Å². The molecule has 0 radical (unpaired) electrons. The van der Waals surface area contributed by atoms with Gasteiger partial charge in [-0.05, 0) is 56.7 Å². The first kappa shape index (κ1) is 21.0. The Balaban J connectivity index is 1.50. The third kappa shape index (κ3) is 3.47. The van der Waals surface area contributed by atoms with E-state index < -0.39 is 0 Å². The zero-order chi connectivity index (χ0) is 22.6. The molecule has 3 aromatic heterocycles. The molecule has 0 unspecified atom stereocenters. The highest BCUT2D eigenvalue weighted by atomic mass is 32.1. The van der Waals surface area contributed by atoms with Gasteiger partial charge in [0.15, 0.2) is 5.13 Å². The number of anilines is 2. The molecule has 4 aromatic rings. The van der Waals surface area contributed by atoms with Crippen LogP contribution in [-0.2, 0) is 24.2 Å². The van der Waals surface area contributed by atoms with E-state index in [-0.39, 0.29) is 11.5 Å². The number of benzene rings is 1. The molecule has 0 aliphatic heterocycles. The number of aryl methyl sites for hydroxylation is 5. The van der Waals surface area contributed by atoms with Crippen LogP contribution < -0.4 is 10.5 Å². The minimum absolute atomic E-state index is 0.00222. The highest BCUT2D eigenvalue weighted by Gasteiger charge is 2.23. The summed E-state index contributed by atoms with van der Waals surface area (Å²) in [7, 11) is 0. The highest BCUT2D eigenvalue weighted by Crippen LogP contribution is 2.36. The molecule has 0 spiro atoms. The predicted octanol–water partition coefficient (Wildman–Crippen LogP) is 5.06. The second kappa shape index (κ2) is 7.94. The molecule has 1 aliphatic rings. The fraction of sp³-hybridized carbons (Fsp3) is 0.333. The SMILES string of the molecule is CC(=O)N(c1nc(Cn2cnc3sc4c(c3c2=O)CCC4)cs1)c1c(C)cc(C)cc1C. The number of hydrogen-bond donors (Lipinski definition) is 0. The van der Waals surface area contributed by atoms with Gasteiger partial charge in [0.25, 0.3) is 5.56 Å². The van der Waals surface area contributed by atoms with E-state index in [1.165, 1.54) is 21.8 Å². The minimum Gasteiger partial charge on any atom is -0.293 e. The van der Waals surface area contributed by atoms with Crippen LogP contribution in [0.5, 0.6) is 0 Å². The Morgan fingerprint density at radius 2 is 1.94 bits per heavy atom. The Bertz CT molecular complexity index is 1410. The first-order chi connectivity index (χ1) is 15.3. The summed E-state index contributed by atoms with van der Waals surface area (Å²) in [6, 6.07) is 4.15. The largest absolute Gasteiger partial charge is 0.293 e. The maximum Gasteiger partial charge on any atom is 0.262 e. The van der Waals surface area contributed by atoms with E-state index >= 15 is 0 Å². The number of amides is 1. The Morgan fingerprint density at radius 1 is 1.19 bits per heavy atom. The molecule has 0 atom stereocenters. The van der Waals surface area contributed by atoms with E-state index in [2.05, 4.69) is 24.0 Å². The Labute approximate surface area is 194 Å². The zero-order valence-corrected chi connectivity index (χ0v) is 20.2. The number of aromatic nitrogens is 3. The lowest BCUT2D eigenvalue weighted by molar-refractivity contribution is -0.115. The zero-order valence-electron chi connectivity index (χ0n) is 18.6. The van der Waals surface area contributed by atoms with Crippen LogP contribution in [0.15, 0.2) is 28.6 Å². The normalized spacial score (nSPS) is 13.0. The van der Waals surface area contributed by atoms with Crippen LogP contribution in [-0.4, -0.2) is 20.4 Å². The second-order valence-corrected chi connectivity index (χ2v) is 10.4. The van der Waals surface area contributed by atoms with Crippen molar-refractivity contribution in [2.24, 2.45) is 0 Å². The van der Waals surface area contributed by atoms with Crippen molar-refractivity contribution in [3.05, 3.63) is 67.0 Å².